The van der Waals surface area contributed by atoms with Gasteiger partial charge in [0.2, 0.25) is 23.6 Å². The predicted molar refractivity (Wildman–Crippen MR) is 315 cm³/mol. The van der Waals surface area contributed by atoms with Crippen molar-refractivity contribution in [2.24, 2.45) is 5.41 Å². The van der Waals surface area contributed by atoms with Crippen molar-refractivity contribution in [3.8, 4) is 16.2 Å². The monoisotopic (exact) mass is 1160 g/mol. The molecule has 5 N–H and O–H groups in total. The van der Waals surface area contributed by atoms with Crippen LogP contribution in [0.1, 0.15) is 111 Å². The van der Waals surface area contributed by atoms with Crippen LogP contribution >= 0.6 is 11.3 Å². The lowest BCUT2D eigenvalue weighted by Crippen LogP contribution is -2.59. The Hall–Kier alpha value is -8.75. The van der Waals surface area contributed by atoms with Gasteiger partial charge in [-0.1, -0.05) is 100 Å². The average Bonchev–Trinajstić information content (AvgIpc) is 2.72. The van der Waals surface area contributed by atoms with E-state index in [0.717, 1.165) is 39.7 Å². The minimum Gasteiger partial charge on any atom is -0.493 e. The minimum absolute atomic E-state index is 0.0108. The molecule has 0 spiro atoms. The molecule has 18 nitrogen and oxygen atoms in total. The Kier molecular flexibility index (Phi) is 17.7. The number of rotatable bonds is 23. The number of β-amino-alcohol motifs (C(OH)–C–C–N with tert-alkyl or cyclic N) is 1. The number of ether oxygens (including phenoxy) is 1. The summed E-state index contributed by atoms with van der Waals surface area (Å²) in [4.78, 5) is 97.0. The number of furan rings is 2. The number of pyridine rings is 1. The maximum Gasteiger partial charge on any atom is 0.294 e. The van der Waals surface area contributed by atoms with Crippen molar-refractivity contribution < 1.29 is 51.8 Å². The zero-order chi connectivity index (χ0) is 59.1. The van der Waals surface area contributed by atoms with E-state index >= 15 is 4.79 Å². The summed E-state index contributed by atoms with van der Waals surface area (Å²) in [6, 6.07) is 29.3. The first-order valence-corrected chi connectivity index (χ1v) is 29.1. The molecule has 0 radical (unpaired) electrons. The van der Waals surface area contributed by atoms with Crippen molar-refractivity contribution in [1.82, 2.24) is 36.1 Å². The molecule has 1 aliphatic heterocycles. The summed E-state index contributed by atoms with van der Waals surface area (Å²) < 4.78 is 33.0. The summed E-state index contributed by atoms with van der Waals surface area (Å²) in [6.07, 6.45) is 6.38. The number of aromatic nitrogens is 2. The number of hydrogen-bond donors (Lipinski definition) is 5. The molecule has 20 heteroatoms. The van der Waals surface area contributed by atoms with Gasteiger partial charge in [-0.25, -0.2) is 9.37 Å². The molecule has 1 aliphatic carbocycles. The summed E-state index contributed by atoms with van der Waals surface area (Å²) in [5.74, 6) is -3.09. The number of aliphatic hydroxyl groups excluding tert-OH is 1. The van der Waals surface area contributed by atoms with Crippen molar-refractivity contribution in [2.45, 2.75) is 115 Å². The van der Waals surface area contributed by atoms with E-state index in [1.54, 1.807) is 87.1 Å². The summed E-state index contributed by atoms with van der Waals surface area (Å²) in [6.45, 7) is 7.74. The van der Waals surface area contributed by atoms with Gasteiger partial charge < -0.3 is 44.8 Å². The lowest BCUT2D eigenvalue weighted by Gasteiger charge is -2.35. The van der Waals surface area contributed by atoms with E-state index in [1.165, 1.54) is 39.7 Å². The average molecular weight is 1160 g/mol. The Morgan fingerprint density at radius 2 is 1.61 bits per heavy atom. The third-order valence-corrected chi connectivity index (χ3v) is 16.3. The minimum atomic E-state index is -2.00. The van der Waals surface area contributed by atoms with E-state index in [2.05, 4.69) is 31.2 Å². The Labute approximate surface area is 489 Å². The molecule has 1 unspecified atom stereocenters. The number of benzene rings is 4. The largest absolute Gasteiger partial charge is 0.493 e. The van der Waals surface area contributed by atoms with Crippen LogP contribution in [0.2, 0.25) is 0 Å². The number of aliphatic hydroxyl groups is 1. The zero-order valence-electron chi connectivity index (χ0n) is 47.1. The van der Waals surface area contributed by atoms with Crippen LogP contribution in [-0.4, -0.2) is 99.0 Å². The first-order valence-electron chi connectivity index (χ1n) is 28.2. The molecule has 2 aliphatic rings. The highest BCUT2D eigenvalue weighted by Gasteiger charge is 2.53. The van der Waals surface area contributed by atoms with Crippen molar-refractivity contribution >= 4 is 74.4 Å². The molecule has 1 saturated heterocycles. The molecule has 4 aromatic heterocycles. The van der Waals surface area contributed by atoms with Crippen LogP contribution in [0.25, 0.3) is 32.4 Å². The number of anilines is 1. The van der Waals surface area contributed by atoms with Crippen LogP contribution < -0.4 is 30.9 Å². The second-order valence-corrected chi connectivity index (χ2v) is 23.3. The number of amides is 6. The van der Waals surface area contributed by atoms with E-state index in [1.807, 2.05) is 61.5 Å². The first-order chi connectivity index (χ1) is 40.5. The first kappa shape index (κ1) is 58.4. The standard InChI is InChI=1S/C64H67FN8O10S/c1-39-55(84-38-69-39)41-22-23-42(36-68-57(75)48-34-45(74)37-72(48)61(79)56(63(2,3)4)71-62(80)64(65)26-27-64)51(32-41)82-30-13-6-5-12-29-67-58(76)53(40-16-8-7-9-17-40)70-59(77)54(43-18-14-28-66-35-43)73(60(78)50-21-15-31-81-50)44-24-25-47-46-19-10-11-20-49(46)83-52(47)33-44/h7-11,14-25,28,31-33,35,38,45,48,53-54,56,74H,5-6,12-13,26-27,29-30,34,36-37H2,1-4H3,(H,67,76)(H,68,75)(H,70,77)(H,71,80)/t45-,48+,53+,54?,56-/m1/s1. The number of likely N-dealkylation sites (tertiary alicyclic amines) is 1. The van der Waals surface area contributed by atoms with Gasteiger partial charge in [0, 0.05) is 72.1 Å². The van der Waals surface area contributed by atoms with Gasteiger partial charge in [0.15, 0.2) is 11.4 Å². The number of carbonyl (C=O) groups excluding carboxylic acids is 6. The topological polar surface area (TPSA) is 239 Å². The van der Waals surface area contributed by atoms with Crippen LogP contribution in [0.15, 0.2) is 148 Å². The normalized spacial score (nSPS) is 16.6. The van der Waals surface area contributed by atoms with Crippen LogP contribution in [0.3, 0.4) is 0 Å². The number of hydrogen-bond acceptors (Lipinski definition) is 13. The van der Waals surface area contributed by atoms with Gasteiger partial charge in [0.1, 0.15) is 41.1 Å². The summed E-state index contributed by atoms with van der Waals surface area (Å²) in [5.41, 5.74) is 3.79. The van der Waals surface area contributed by atoms with Crippen LogP contribution in [0.5, 0.6) is 5.75 Å². The number of aryl methyl sites for hydroxylation is 1. The molecule has 5 heterocycles. The summed E-state index contributed by atoms with van der Waals surface area (Å²) in [5, 5.41) is 24.0. The van der Waals surface area contributed by atoms with Gasteiger partial charge in [-0.3, -0.25) is 38.7 Å². The Morgan fingerprint density at radius 1 is 0.845 bits per heavy atom. The number of alkyl halides is 1. The van der Waals surface area contributed by atoms with Gasteiger partial charge in [-0.15, -0.1) is 11.3 Å². The lowest BCUT2D eigenvalue weighted by atomic mass is 9.85. The van der Waals surface area contributed by atoms with Crippen molar-refractivity contribution in [3.05, 3.63) is 168 Å². The zero-order valence-corrected chi connectivity index (χ0v) is 48.0. The molecule has 0 bridgehead atoms. The number of para-hydroxylation sites is 1. The summed E-state index contributed by atoms with van der Waals surface area (Å²) >= 11 is 1.50. The van der Waals surface area contributed by atoms with Crippen LogP contribution in [0.4, 0.5) is 10.1 Å². The van der Waals surface area contributed by atoms with Crippen molar-refractivity contribution in [1.29, 1.82) is 0 Å². The van der Waals surface area contributed by atoms with Gasteiger partial charge in [0.05, 0.1) is 35.1 Å². The Morgan fingerprint density at radius 3 is 2.33 bits per heavy atom. The fourth-order valence-corrected chi connectivity index (χ4v) is 11.3. The highest BCUT2D eigenvalue weighted by molar-refractivity contribution is 7.13. The quantitative estimate of drug-likeness (QED) is 0.0376. The predicted octanol–water partition coefficient (Wildman–Crippen LogP) is 9.62. The Bertz CT molecular complexity index is 3660. The molecule has 2 fully saturated rings. The van der Waals surface area contributed by atoms with Gasteiger partial charge in [0.25, 0.3) is 11.8 Å². The third-order valence-electron chi connectivity index (χ3n) is 15.3. The number of fused-ring (bicyclic) bond motifs is 3. The SMILES string of the molecule is Cc1ncsc1-c1ccc(CNC(=O)[C@@H]2C[C@@H](O)CN2C(=O)[C@@H](NC(=O)C2(F)CC2)C(C)(C)C)c(OCCCCCCNC(=O)[C@@H](NC(=O)C(c2cccnc2)N(C(=O)c2ccco2)c2ccc3c(c2)oc2ccccc23)c2ccccc2)c1. The fourth-order valence-electron chi connectivity index (χ4n) is 10.5. The molecule has 6 amide bonds. The van der Waals surface area contributed by atoms with Gasteiger partial charge >= 0.3 is 0 Å². The Balaban J connectivity index is 0.775. The highest BCUT2D eigenvalue weighted by Crippen LogP contribution is 2.41. The molecular weight excluding hydrogens is 1090 g/mol. The molecule has 4 aromatic carbocycles. The van der Waals surface area contributed by atoms with E-state index in [9.17, 15) is 33.5 Å². The fraction of sp³-hybridized carbons (Fsp3) is 0.344. The maximum atomic E-state index is 15.0. The van der Waals surface area contributed by atoms with Crippen molar-refractivity contribution in [3.63, 3.8) is 0 Å². The van der Waals surface area contributed by atoms with E-state index < -0.39 is 76.8 Å². The molecule has 1 saturated carbocycles. The molecule has 8 aromatic rings. The van der Waals surface area contributed by atoms with Gasteiger partial charge in [-0.2, -0.15) is 0 Å². The third kappa shape index (κ3) is 13.2. The van der Waals surface area contributed by atoms with Crippen molar-refractivity contribution in [2.75, 3.05) is 24.6 Å². The summed E-state index contributed by atoms with van der Waals surface area (Å²) in [7, 11) is 0. The molecule has 436 valence electrons. The smallest absolute Gasteiger partial charge is 0.294 e. The molecule has 5 atom stereocenters. The number of halogens is 1. The number of unbranched alkanes of at least 4 members (excludes halogenated alkanes) is 3. The molecule has 10 rings (SSSR count). The van der Waals surface area contributed by atoms with Crippen LogP contribution in [-0.2, 0) is 30.5 Å². The van der Waals surface area contributed by atoms with Gasteiger partial charge in [-0.05, 0) is 91.6 Å². The van der Waals surface area contributed by atoms with E-state index in [4.69, 9.17) is 13.6 Å². The number of nitrogens with zero attached hydrogens (tertiary/aromatic N) is 4. The highest BCUT2D eigenvalue weighted by atomic mass is 32.1. The molecular formula is C64H67FN8O10S. The number of thiazole rings is 1. The number of carbonyl (C=O) groups is 6. The van der Waals surface area contributed by atoms with E-state index in [-0.39, 0.29) is 38.1 Å². The number of nitrogens with one attached hydrogen (secondary N) is 4. The lowest BCUT2D eigenvalue weighted by molar-refractivity contribution is -0.145. The molecule has 84 heavy (non-hydrogen) atoms. The van der Waals surface area contributed by atoms with Crippen LogP contribution in [0, 0.1) is 12.3 Å². The second-order valence-electron chi connectivity index (χ2n) is 22.5. The van der Waals surface area contributed by atoms with E-state index in [0.29, 0.717) is 65.3 Å². The second kappa shape index (κ2) is 25.4. The maximum absolute atomic E-state index is 15.0.